The van der Waals surface area contributed by atoms with E-state index < -0.39 is 0 Å². The number of hydrogen-bond donors (Lipinski definition) is 1. The zero-order valence-corrected chi connectivity index (χ0v) is 11.8. The summed E-state index contributed by atoms with van der Waals surface area (Å²) in [5.41, 5.74) is 7.41. The molecule has 17 heavy (non-hydrogen) atoms. The number of nitrogens with two attached hydrogens (primary N) is 1. The molecule has 0 fully saturated rings. The number of aryl methyl sites for hydroxylation is 1. The van der Waals surface area contributed by atoms with Crippen molar-refractivity contribution < 1.29 is 4.74 Å². The van der Waals surface area contributed by atoms with E-state index in [1.54, 1.807) is 11.3 Å². The molecule has 2 rings (SSSR count). The van der Waals surface area contributed by atoms with Crippen molar-refractivity contribution in [2.75, 3.05) is 0 Å². The SMILES string of the molecule is Cc1ccc(OCc2cc(Br)cs2)c(CN)n1. The highest BCUT2D eigenvalue weighted by atomic mass is 79.9. The van der Waals surface area contributed by atoms with Crippen LogP contribution in [-0.2, 0) is 13.2 Å². The number of nitrogens with zero attached hydrogens (tertiary/aromatic N) is 1. The molecule has 0 radical (unpaired) electrons. The van der Waals surface area contributed by atoms with Crippen LogP contribution in [0.25, 0.3) is 0 Å². The van der Waals surface area contributed by atoms with Gasteiger partial charge in [-0.3, -0.25) is 4.98 Å². The van der Waals surface area contributed by atoms with Gasteiger partial charge in [-0.2, -0.15) is 0 Å². The maximum atomic E-state index is 5.73. The Labute approximate surface area is 113 Å². The van der Waals surface area contributed by atoms with E-state index in [9.17, 15) is 0 Å². The summed E-state index contributed by atoms with van der Waals surface area (Å²) in [5.74, 6) is 0.766. The summed E-state index contributed by atoms with van der Waals surface area (Å²) in [6.45, 7) is 2.89. The predicted molar refractivity (Wildman–Crippen MR) is 73.2 cm³/mol. The number of ether oxygens (including phenoxy) is 1. The Morgan fingerprint density at radius 2 is 2.29 bits per heavy atom. The van der Waals surface area contributed by atoms with Gasteiger partial charge in [-0.25, -0.2) is 0 Å². The highest BCUT2D eigenvalue weighted by Gasteiger charge is 2.05. The molecular formula is C12H13BrN2OS. The van der Waals surface area contributed by atoms with Crippen molar-refractivity contribution >= 4 is 27.3 Å². The highest BCUT2D eigenvalue weighted by molar-refractivity contribution is 9.10. The molecule has 0 aliphatic carbocycles. The average molecular weight is 313 g/mol. The van der Waals surface area contributed by atoms with Crippen LogP contribution in [0.1, 0.15) is 16.3 Å². The van der Waals surface area contributed by atoms with Crippen LogP contribution in [0.4, 0.5) is 0 Å². The van der Waals surface area contributed by atoms with Crippen molar-refractivity contribution in [1.29, 1.82) is 0 Å². The zero-order valence-electron chi connectivity index (χ0n) is 9.44. The lowest BCUT2D eigenvalue weighted by Crippen LogP contribution is -2.05. The molecule has 0 spiro atoms. The van der Waals surface area contributed by atoms with Crippen molar-refractivity contribution in [3.05, 3.63) is 44.3 Å². The Kier molecular flexibility index (Phi) is 4.15. The third-order valence-electron chi connectivity index (χ3n) is 2.26. The van der Waals surface area contributed by atoms with E-state index in [-0.39, 0.29) is 0 Å². The fraction of sp³-hybridized carbons (Fsp3) is 0.250. The van der Waals surface area contributed by atoms with Gasteiger partial charge in [0.25, 0.3) is 0 Å². The first-order chi connectivity index (χ1) is 8.19. The van der Waals surface area contributed by atoms with Crippen molar-refractivity contribution in [2.45, 2.75) is 20.1 Å². The average Bonchev–Trinajstić information content (AvgIpc) is 2.73. The third-order valence-corrected chi connectivity index (χ3v) is 3.93. The van der Waals surface area contributed by atoms with Gasteiger partial charge in [0.15, 0.2) is 0 Å². The molecule has 0 aromatic carbocycles. The van der Waals surface area contributed by atoms with Crippen LogP contribution in [0.3, 0.4) is 0 Å². The number of halogens is 1. The van der Waals surface area contributed by atoms with Crippen molar-refractivity contribution in [3.8, 4) is 5.75 Å². The van der Waals surface area contributed by atoms with Crippen LogP contribution in [0, 0.1) is 6.92 Å². The molecule has 0 saturated heterocycles. The summed E-state index contributed by atoms with van der Waals surface area (Å²) >= 11 is 5.08. The van der Waals surface area contributed by atoms with Crippen LogP contribution in [0.5, 0.6) is 5.75 Å². The lowest BCUT2D eigenvalue weighted by atomic mass is 10.3. The van der Waals surface area contributed by atoms with Gasteiger partial charge < -0.3 is 10.5 Å². The second-order valence-electron chi connectivity index (χ2n) is 3.62. The molecule has 2 aromatic heterocycles. The monoisotopic (exact) mass is 312 g/mol. The molecule has 90 valence electrons. The van der Waals surface area contributed by atoms with Crippen LogP contribution < -0.4 is 10.5 Å². The Hall–Kier alpha value is -0.910. The normalized spacial score (nSPS) is 10.5. The standard InChI is InChI=1S/C12H13BrN2OS/c1-8-2-3-12(11(5-14)15-8)16-6-10-4-9(13)7-17-10/h2-4,7H,5-6,14H2,1H3. The number of pyridine rings is 1. The lowest BCUT2D eigenvalue weighted by Gasteiger charge is -2.09. The van der Waals surface area contributed by atoms with Gasteiger partial charge in [0, 0.05) is 27.0 Å². The molecule has 0 unspecified atom stereocenters. The summed E-state index contributed by atoms with van der Waals surface area (Å²) in [6.07, 6.45) is 0. The lowest BCUT2D eigenvalue weighted by molar-refractivity contribution is 0.304. The van der Waals surface area contributed by atoms with E-state index in [0.29, 0.717) is 13.2 Å². The second kappa shape index (κ2) is 5.62. The minimum absolute atomic E-state index is 0.394. The smallest absolute Gasteiger partial charge is 0.142 e. The number of hydrogen-bond acceptors (Lipinski definition) is 4. The van der Waals surface area contributed by atoms with Crippen LogP contribution in [0.2, 0.25) is 0 Å². The predicted octanol–water partition coefficient (Wildman–Crippen LogP) is 3.25. The molecule has 2 N–H and O–H groups in total. The highest BCUT2D eigenvalue weighted by Crippen LogP contribution is 2.23. The van der Waals surface area contributed by atoms with Crippen LogP contribution in [0.15, 0.2) is 28.1 Å². The third kappa shape index (κ3) is 3.28. The number of rotatable bonds is 4. The maximum absolute atomic E-state index is 5.73. The van der Waals surface area contributed by atoms with Crippen LogP contribution >= 0.6 is 27.3 Å². The first-order valence-electron chi connectivity index (χ1n) is 5.21. The second-order valence-corrected chi connectivity index (χ2v) is 5.53. The van der Waals surface area contributed by atoms with Gasteiger partial charge in [-0.15, -0.1) is 11.3 Å². The molecule has 0 amide bonds. The Bertz CT molecular complexity index is 513. The van der Waals surface area contributed by atoms with Gasteiger partial charge in [-0.05, 0) is 41.1 Å². The molecule has 0 aliphatic heterocycles. The zero-order chi connectivity index (χ0) is 12.3. The fourth-order valence-corrected chi connectivity index (χ4v) is 2.82. The fourth-order valence-electron chi connectivity index (χ4n) is 1.45. The Morgan fingerprint density at radius 3 is 2.94 bits per heavy atom. The molecule has 2 heterocycles. The molecular weight excluding hydrogens is 300 g/mol. The van der Waals surface area contributed by atoms with E-state index in [1.807, 2.05) is 24.4 Å². The van der Waals surface area contributed by atoms with Gasteiger partial charge >= 0.3 is 0 Å². The Morgan fingerprint density at radius 1 is 1.47 bits per heavy atom. The summed E-state index contributed by atoms with van der Waals surface area (Å²) in [7, 11) is 0. The number of aromatic nitrogens is 1. The topological polar surface area (TPSA) is 48.1 Å². The van der Waals surface area contributed by atoms with Crippen molar-refractivity contribution in [3.63, 3.8) is 0 Å². The summed E-state index contributed by atoms with van der Waals surface area (Å²) in [6, 6.07) is 5.90. The van der Waals surface area contributed by atoms with E-state index in [1.165, 1.54) is 4.88 Å². The minimum Gasteiger partial charge on any atom is -0.486 e. The van der Waals surface area contributed by atoms with Gasteiger partial charge in [0.05, 0.1) is 5.69 Å². The summed E-state index contributed by atoms with van der Waals surface area (Å²) < 4.78 is 6.81. The largest absolute Gasteiger partial charge is 0.486 e. The first kappa shape index (κ1) is 12.5. The van der Waals surface area contributed by atoms with Crippen molar-refractivity contribution in [2.24, 2.45) is 5.73 Å². The molecule has 3 nitrogen and oxygen atoms in total. The molecule has 0 atom stereocenters. The molecule has 2 aromatic rings. The minimum atomic E-state index is 0.394. The molecule has 0 bridgehead atoms. The summed E-state index contributed by atoms with van der Waals surface area (Å²) in [5, 5.41) is 2.04. The van der Waals surface area contributed by atoms with E-state index in [2.05, 4.69) is 27.0 Å². The molecule has 0 aliphatic rings. The molecule has 0 saturated carbocycles. The van der Waals surface area contributed by atoms with Gasteiger partial charge in [0.1, 0.15) is 12.4 Å². The summed E-state index contributed by atoms with van der Waals surface area (Å²) in [4.78, 5) is 5.52. The Balaban J connectivity index is 2.08. The first-order valence-corrected chi connectivity index (χ1v) is 6.88. The van der Waals surface area contributed by atoms with Crippen molar-refractivity contribution in [1.82, 2.24) is 4.98 Å². The quantitative estimate of drug-likeness (QED) is 0.942. The number of thiophene rings is 1. The van der Waals surface area contributed by atoms with E-state index >= 15 is 0 Å². The maximum Gasteiger partial charge on any atom is 0.142 e. The van der Waals surface area contributed by atoms with E-state index in [0.717, 1.165) is 21.6 Å². The molecule has 5 heteroatoms. The van der Waals surface area contributed by atoms with Gasteiger partial charge in [-0.1, -0.05) is 0 Å². The van der Waals surface area contributed by atoms with Gasteiger partial charge in [0.2, 0.25) is 0 Å². The van der Waals surface area contributed by atoms with E-state index in [4.69, 9.17) is 10.5 Å². The van der Waals surface area contributed by atoms with Crippen LogP contribution in [-0.4, -0.2) is 4.98 Å².